The molecule has 3 nitrogen and oxygen atoms in total. The van der Waals surface area contributed by atoms with Crippen molar-refractivity contribution in [2.75, 3.05) is 7.11 Å². The quantitative estimate of drug-likeness (QED) is 0.640. The Bertz CT molecular complexity index is 872. The van der Waals surface area contributed by atoms with Gasteiger partial charge in [-0.1, -0.05) is 18.2 Å². The minimum atomic E-state index is -0.240. The number of rotatable bonds is 1. The molecule has 0 unspecified atom stereocenters. The Balaban J connectivity index is 2.02. The molecule has 0 N–H and O–H groups in total. The van der Waals surface area contributed by atoms with E-state index >= 15 is 0 Å². The van der Waals surface area contributed by atoms with Gasteiger partial charge in [-0.2, -0.15) is 0 Å². The number of carbonyl (C=O) groups excluding carboxylic acids is 1. The van der Waals surface area contributed by atoms with Crippen LogP contribution in [0.1, 0.15) is 20.9 Å². The van der Waals surface area contributed by atoms with E-state index in [-0.39, 0.29) is 5.97 Å². The van der Waals surface area contributed by atoms with Crippen molar-refractivity contribution in [2.45, 2.75) is 12.8 Å². The van der Waals surface area contributed by atoms with E-state index in [2.05, 4.69) is 35.9 Å². The third kappa shape index (κ3) is 1.69. The van der Waals surface area contributed by atoms with Gasteiger partial charge in [-0.15, -0.1) is 11.3 Å². The molecule has 21 heavy (non-hydrogen) atoms. The van der Waals surface area contributed by atoms with Crippen molar-refractivity contribution in [3.8, 4) is 10.4 Å². The number of aromatic nitrogens is 1. The Labute approximate surface area is 126 Å². The van der Waals surface area contributed by atoms with Crippen molar-refractivity contribution in [2.24, 2.45) is 7.05 Å². The molecule has 0 aliphatic heterocycles. The molecule has 2 aromatic heterocycles. The van der Waals surface area contributed by atoms with Gasteiger partial charge >= 0.3 is 5.97 Å². The zero-order valence-corrected chi connectivity index (χ0v) is 12.8. The third-order valence-electron chi connectivity index (χ3n) is 4.28. The molecule has 4 heteroatoms. The number of nitrogens with zero attached hydrogens (tertiary/aromatic N) is 1. The van der Waals surface area contributed by atoms with Crippen LogP contribution in [0, 0.1) is 0 Å². The molecular formula is C17H15NO2S. The number of thiophene rings is 1. The first-order valence-corrected chi connectivity index (χ1v) is 7.80. The van der Waals surface area contributed by atoms with E-state index in [0.29, 0.717) is 4.88 Å². The van der Waals surface area contributed by atoms with Crippen LogP contribution in [-0.4, -0.2) is 17.6 Å². The number of hydrogen-bond donors (Lipinski definition) is 0. The van der Waals surface area contributed by atoms with E-state index in [1.807, 2.05) is 6.07 Å². The smallest absolute Gasteiger partial charge is 0.348 e. The van der Waals surface area contributed by atoms with Crippen molar-refractivity contribution in [3.63, 3.8) is 0 Å². The normalized spacial score (nSPS) is 13.0. The maximum absolute atomic E-state index is 11.8. The topological polar surface area (TPSA) is 31.2 Å². The van der Waals surface area contributed by atoms with Crippen molar-refractivity contribution in [1.82, 2.24) is 4.57 Å². The number of fused-ring (bicyclic) bond motifs is 5. The van der Waals surface area contributed by atoms with Crippen molar-refractivity contribution >= 4 is 28.2 Å². The van der Waals surface area contributed by atoms with Gasteiger partial charge in [-0.05, 0) is 30.5 Å². The number of aryl methyl sites for hydroxylation is 2. The molecule has 1 aliphatic rings. The molecule has 2 heterocycles. The van der Waals surface area contributed by atoms with Crippen LogP contribution < -0.4 is 0 Å². The van der Waals surface area contributed by atoms with Crippen LogP contribution in [0.2, 0.25) is 0 Å². The molecular weight excluding hydrogens is 282 g/mol. The lowest BCUT2D eigenvalue weighted by molar-refractivity contribution is 0.0606. The Hall–Kier alpha value is -2.07. The van der Waals surface area contributed by atoms with Crippen LogP contribution in [0.3, 0.4) is 0 Å². The Morgan fingerprint density at radius 1 is 1.29 bits per heavy atom. The lowest BCUT2D eigenvalue weighted by Crippen LogP contribution is -2.04. The fourth-order valence-corrected chi connectivity index (χ4v) is 4.48. The van der Waals surface area contributed by atoms with E-state index in [0.717, 1.165) is 12.8 Å². The molecule has 1 aromatic carbocycles. The number of ether oxygens (including phenoxy) is 1. The number of benzene rings is 1. The number of methoxy groups -OCH3 is 1. The average molecular weight is 297 g/mol. The maximum Gasteiger partial charge on any atom is 0.348 e. The molecule has 106 valence electrons. The Kier molecular flexibility index (Phi) is 2.69. The summed E-state index contributed by atoms with van der Waals surface area (Å²) < 4.78 is 7.14. The highest BCUT2D eigenvalue weighted by atomic mass is 32.1. The number of carbonyl (C=O) groups is 1. The number of esters is 1. The molecule has 0 bridgehead atoms. The molecule has 0 saturated heterocycles. The summed E-state index contributed by atoms with van der Waals surface area (Å²) in [4.78, 5) is 13.7. The van der Waals surface area contributed by atoms with Crippen LogP contribution in [0.15, 0.2) is 30.3 Å². The second-order valence-electron chi connectivity index (χ2n) is 5.35. The highest BCUT2D eigenvalue weighted by Gasteiger charge is 2.26. The summed E-state index contributed by atoms with van der Waals surface area (Å²) in [6.45, 7) is 0. The Morgan fingerprint density at radius 2 is 2.10 bits per heavy atom. The molecule has 1 aliphatic carbocycles. The zero-order chi connectivity index (χ0) is 14.6. The predicted molar refractivity (Wildman–Crippen MR) is 85.0 cm³/mol. The number of para-hydroxylation sites is 1. The van der Waals surface area contributed by atoms with Gasteiger partial charge in [0.2, 0.25) is 0 Å². The second-order valence-corrected chi connectivity index (χ2v) is 6.41. The summed E-state index contributed by atoms with van der Waals surface area (Å²) in [5.74, 6) is -0.240. The van der Waals surface area contributed by atoms with Crippen LogP contribution in [0.25, 0.3) is 21.3 Å². The highest BCUT2D eigenvalue weighted by Crippen LogP contribution is 2.44. The minimum absolute atomic E-state index is 0.240. The van der Waals surface area contributed by atoms with E-state index < -0.39 is 0 Å². The first-order chi connectivity index (χ1) is 10.2. The molecule has 3 aromatic rings. The van der Waals surface area contributed by atoms with E-state index in [9.17, 15) is 4.79 Å². The Morgan fingerprint density at radius 3 is 2.90 bits per heavy atom. The molecule has 0 spiro atoms. The van der Waals surface area contributed by atoms with Gasteiger partial charge in [0.25, 0.3) is 0 Å². The van der Waals surface area contributed by atoms with Crippen LogP contribution >= 0.6 is 11.3 Å². The molecule has 0 radical (unpaired) electrons. The van der Waals surface area contributed by atoms with Gasteiger partial charge in [-0.3, -0.25) is 0 Å². The molecule has 4 rings (SSSR count). The summed E-state index contributed by atoms with van der Waals surface area (Å²) in [5.41, 5.74) is 5.18. The van der Waals surface area contributed by atoms with Crippen LogP contribution in [0.5, 0.6) is 0 Å². The van der Waals surface area contributed by atoms with Gasteiger partial charge in [0.05, 0.1) is 7.11 Å². The van der Waals surface area contributed by atoms with Gasteiger partial charge < -0.3 is 9.30 Å². The van der Waals surface area contributed by atoms with Crippen molar-refractivity contribution in [1.29, 1.82) is 0 Å². The number of hydrogen-bond acceptors (Lipinski definition) is 3. The molecule has 0 fully saturated rings. The fraction of sp³-hybridized carbons (Fsp3) is 0.235. The standard InChI is InChI=1S/C17H15NO2S/c1-18-12-6-4-3-5-11(12)15-13(18)8-7-10-9-14(17(19)20-2)21-16(10)15/h3-6,9H,7-8H2,1-2H3. The van der Waals surface area contributed by atoms with E-state index in [1.54, 1.807) is 11.3 Å². The summed E-state index contributed by atoms with van der Waals surface area (Å²) in [6, 6.07) is 10.5. The van der Waals surface area contributed by atoms with Crippen molar-refractivity contribution in [3.05, 3.63) is 46.5 Å². The van der Waals surface area contributed by atoms with Crippen LogP contribution in [0.4, 0.5) is 0 Å². The van der Waals surface area contributed by atoms with Gasteiger partial charge in [0.1, 0.15) is 4.88 Å². The van der Waals surface area contributed by atoms with Gasteiger partial charge in [-0.25, -0.2) is 4.79 Å². The predicted octanol–water partition coefficient (Wildman–Crippen LogP) is 3.79. The van der Waals surface area contributed by atoms with Crippen LogP contribution in [-0.2, 0) is 24.6 Å². The molecule has 0 amide bonds. The van der Waals surface area contributed by atoms with Crippen molar-refractivity contribution < 1.29 is 9.53 Å². The fourth-order valence-electron chi connectivity index (χ4n) is 3.27. The van der Waals surface area contributed by atoms with E-state index in [1.165, 1.54) is 39.7 Å². The minimum Gasteiger partial charge on any atom is -0.465 e. The van der Waals surface area contributed by atoms with Gasteiger partial charge in [0.15, 0.2) is 0 Å². The lowest BCUT2D eigenvalue weighted by Gasteiger charge is -2.14. The lowest BCUT2D eigenvalue weighted by atomic mass is 9.95. The highest BCUT2D eigenvalue weighted by molar-refractivity contribution is 7.17. The summed E-state index contributed by atoms with van der Waals surface area (Å²) in [7, 11) is 3.56. The first-order valence-electron chi connectivity index (χ1n) is 6.98. The summed E-state index contributed by atoms with van der Waals surface area (Å²) in [6.07, 6.45) is 2.00. The monoisotopic (exact) mass is 297 g/mol. The summed E-state index contributed by atoms with van der Waals surface area (Å²) in [5, 5.41) is 1.27. The zero-order valence-electron chi connectivity index (χ0n) is 12.0. The summed E-state index contributed by atoms with van der Waals surface area (Å²) >= 11 is 1.55. The molecule has 0 atom stereocenters. The van der Waals surface area contributed by atoms with Gasteiger partial charge in [0, 0.05) is 34.1 Å². The maximum atomic E-state index is 11.8. The second kappa shape index (κ2) is 4.46. The third-order valence-corrected chi connectivity index (χ3v) is 5.46. The average Bonchev–Trinajstić information content (AvgIpc) is 3.07. The van der Waals surface area contributed by atoms with E-state index in [4.69, 9.17) is 4.74 Å². The molecule has 0 saturated carbocycles. The first kappa shape index (κ1) is 12.7. The largest absolute Gasteiger partial charge is 0.465 e. The SMILES string of the molecule is COC(=O)c1cc2c(s1)-c1c(n(C)c3ccccc13)CC2.